The highest BCUT2D eigenvalue weighted by molar-refractivity contribution is 6.30. The number of aromatic nitrogens is 2. The molecule has 20 heavy (non-hydrogen) atoms. The number of nitrogens with zero attached hydrogens (tertiary/aromatic N) is 1. The number of phenolic OH excluding ortho intramolecular Hbond substituents is 1. The van der Waals surface area contributed by atoms with Crippen molar-refractivity contribution in [2.75, 3.05) is 23.4 Å². The van der Waals surface area contributed by atoms with Crippen LogP contribution in [0.15, 0.2) is 18.2 Å². The molecular weight excluding hydrogens is 282 g/mol. The van der Waals surface area contributed by atoms with Crippen molar-refractivity contribution in [2.24, 2.45) is 0 Å². The van der Waals surface area contributed by atoms with Crippen molar-refractivity contribution in [1.29, 1.82) is 0 Å². The summed E-state index contributed by atoms with van der Waals surface area (Å²) in [5.41, 5.74) is 12.7. The number of benzene rings is 1. The molecule has 1 unspecified atom stereocenters. The van der Waals surface area contributed by atoms with E-state index >= 15 is 0 Å². The van der Waals surface area contributed by atoms with Crippen LogP contribution in [0.4, 0.5) is 17.2 Å². The summed E-state index contributed by atoms with van der Waals surface area (Å²) in [5, 5.41) is 29.1. The number of nitrogen functional groups attached to an aromatic ring is 2. The van der Waals surface area contributed by atoms with Crippen LogP contribution in [0.3, 0.4) is 0 Å². The van der Waals surface area contributed by atoms with E-state index in [0.29, 0.717) is 28.5 Å². The van der Waals surface area contributed by atoms with Crippen LogP contribution in [-0.2, 0) is 0 Å². The average molecular weight is 298 g/mol. The lowest BCUT2D eigenvalue weighted by Crippen LogP contribution is -2.14. The first kappa shape index (κ1) is 14.3. The van der Waals surface area contributed by atoms with E-state index in [2.05, 4.69) is 15.5 Å². The van der Waals surface area contributed by atoms with Gasteiger partial charge >= 0.3 is 0 Å². The van der Waals surface area contributed by atoms with Gasteiger partial charge < -0.3 is 27.0 Å². The molecule has 0 aliphatic heterocycles. The lowest BCUT2D eigenvalue weighted by molar-refractivity contribution is 0.279. The van der Waals surface area contributed by atoms with E-state index < -0.39 is 6.04 Å². The Bertz CT molecular complexity index is 602. The maximum atomic E-state index is 9.81. The highest BCUT2D eigenvalue weighted by atomic mass is 35.5. The molecule has 0 radical (unpaired) electrons. The molecule has 0 amide bonds. The smallest absolute Gasteiger partial charge is 0.142 e. The summed E-state index contributed by atoms with van der Waals surface area (Å²) in [7, 11) is 0. The number of hydrogen-bond donors (Lipinski definition) is 6. The minimum absolute atomic E-state index is 0.0411. The van der Waals surface area contributed by atoms with Crippen LogP contribution < -0.4 is 16.8 Å². The van der Waals surface area contributed by atoms with Crippen molar-refractivity contribution in [2.45, 2.75) is 12.5 Å². The first-order valence-electron chi connectivity index (χ1n) is 5.98. The topological polar surface area (TPSA) is 133 Å². The number of nitrogens with one attached hydrogen (secondary N) is 2. The third kappa shape index (κ3) is 2.89. The summed E-state index contributed by atoms with van der Waals surface area (Å²) in [5.74, 6) is 0.305. The standard InChI is InChI=1S/C12H16ClN5O2/c13-6-1-2-9(20)8(5-6)16-7(3-4-19)11-10(14)12(15)18-17-11/h1-2,5,7,16,19-20H,3-4,14H2,(H3,15,17,18). The Morgan fingerprint density at radius 2 is 2.15 bits per heavy atom. The SMILES string of the molecule is Nc1[nH]nc(C(CCO)Nc2cc(Cl)ccc2O)c1N. The van der Waals surface area contributed by atoms with E-state index in [-0.39, 0.29) is 18.2 Å². The molecular formula is C12H16ClN5O2. The normalized spacial score (nSPS) is 12.3. The van der Waals surface area contributed by atoms with Gasteiger partial charge in [-0.05, 0) is 24.6 Å². The molecule has 1 aromatic carbocycles. The van der Waals surface area contributed by atoms with E-state index in [4.69, 9.17) is 28.2 Å². The first-order chi connectivity index (χ1) is 9.52. The van der Waals surface area contributed by atoms with Crippen LogP contribution in [0.25, 0.3) is 0 Å². The van der Waals surface area contributed by atoms with Crippen LogP contribution in [0.5, 0.6) is 5.75 Å². The van der Waals surface area contributed by atoms with Crippen molar-refractivity contribution >= 4 is 28.8 Å². The Kier molecular flexibility index (Phi) is 4.21. The minimum atomic E-state index is -0.405. The summed E-state index contributed by atoms with van der Waals surface area (Å²) in [6, 6.07) is 4.22. The van der Waals surface area contributed by atoms with Crippen LogP contribution in [-0.4, -0.2) is 27.0 Å². The second-order valence-corrected chi connectivity index (χ2v) is 4.74. The van der Waals surface area contributed by atoms with Crippen LogP contribution >= 0.6 is 11.6 Å². The molecule has 0 saturated carbocycles. The molecule has 0 bridgehead atoms. The predicted molar refractivity (Wildman–Crippen MR) is 78.6 cm³/mol. The van der Waals surface area contributed by atoms with E-state index in [9.17, 15) is 5.11 Å². The van der Waals surface area contributed by atoms with Crippen molar-refractivity contribution < 1.29 is 10.2 Å². The number of H-pyrrole nitrogens is 1. The second-order valence-electron chi connectivity index (χ2n) is 4.31. The second kappa shape index (κ2) is 5.89. The Labute approximate surface area is 120 Å². The molecule has 1 aromatic heterocycles. The van der Waals surface area contributed by atoms with Crippen LogP contribution in [0.1, 0.15) is 18.2 Å². The Morgan fingerprint density at radius 3 is 2.75 bits per heavy atom. The number of aliphatic hydroxyl groups is 1. The molecule has 0 fully saturated rings. The predicted octanol–water partition coefficient (Wildman–Crippen LogP) is 1.47. The molecule has 2 rings (SSSR count). The molecule has 1 heterocycles. The maximum Gasteiger partial charge on any atom is 0.142 e. The van der Waals surface area contributed by atoms with E-state index in [0.717, 1.165) is 0 Å². The summed E-state index contributed by atoms with van der Waals surface area (Å²) < 4.78 is 0. The number of nitrogens with two attached hydrogens (primary N) is 2. The van der Waals surface area contributed by atoms with Gasteiger partial charge in [-0.25, -0.2) is 0 Å². The molecule has 8 heteroatoms. The van der Waals surface area contributed by atoms with Gasteiger partial charge in [0.15, 0.2) is 0 Å². The summed E-state index contributed by atoms with van der Waals surface area (Å²) >= 11 is 5.89. The average Bonchev–Trinajstić information content (AvgIpc) is 2.74. The number of aliphatic hydroxyl groups excluding tert-OH is 1. The molecule has 8 N–H and O–H groups in total. The van der Waals surface area contributed by atoms with Gasteiger partial charge in [0.1, 0.15) is 17.3 Å². The molecule has 108 valence electrons. The Balaban J connectivity index is 2.30. The van der Waals surface area contributed by atoms with Crippen molar-refractivity contribution in [3.8, 4) is 5.75 Å². The molecule has 0 aliphatic rings. The molecule has 0 saturated heterocycles. The highest BCUT2D eigenvalue weighted by Gasteiger charge is 2.20. The van der Waals surface area contributed by atoms with E-state index in [1.807, 2.05) is 0 Å². The van der Waals surface area contributed by atoms with Gasteiger partial charge in [0, 0.05) is 11.6 Å². The monoisotopic (exact) mass is 297 g/mol. The Hall–Kier alpha value is -2.12. The fourth-order valence-electron chi connectivity index (χ4n) is 1.86. The fourth-order valence-corrected chi connectivity index (χ4v) is 2.03. The van der Waals surface area contributed by atoms with Gasteiger partial charge in [-0.3, -0.25) is 5.10 Å². The lowest BCUT2D eigenvalue weighted by atomic mass is 10.1. The maximum absolute atomic E-state index is 9.81. The summed E-state index contributed by atoms with van der Waals surface area (Å²) in [6.07, 6.45) is 0.348. The van der Waals surface area contributed by atoms with Gasteiger partial charge in [0.2, 0.25) is 0 Å². The van der Waals surface area contributed by atoms with Crippen molar-refractivity contribution in [1.82, 2.24) is 10.2 Å². The van der Waals surface area contributed by atoms with Crippen LogP contribution in [0, 0.1) is 0 Å². The van der Waals surface area contributed by atoms with Gasteiger partial charge in [-0.15, -0.1) is 0 Å². The number of aromatic amines is 1. The Morgan fingerprint density at radius 1 is 1.40 bits per heavy atom. The lowest BCUT2D eigenvalue weighted by Gasteiger charge is -2.18. The number of anilines is 3. The molecule has 2 aromatic rings. The number of aromatic hydroxyl groups is 1. The molecule has 7 nitrogen and oxygen atoms in total. The molecule has 0 aliphatic carbocycles. The van der Waals surface area contributed by atoms with Gasteiger partial charge in [0.25, 0.3) is 0 Å². The zero-order valence-corrected chi connectivity index (χ0v) is 11.4. The van der Waals surface area contributed by atoms with Gasteiger partial charge in [-0.1, -0.05) is 11.6 Å². The fraction of sp³-hybridized carbons (Fsp3) is 0.250. The quantitative estimate of drug-likeness (QED) is 0.463. The molecule has 1 atom stereocenters. The van der Waals surface area contributed by atoms with Crippen LogP contribution in [0.2, 0.25) is 5.02 Å². The zero-order valence-electron chi connectivity index (χ0n) is 10.6. The van der Waals surface area contributed by atoms with Crippen molar-refractivity contribution in [3.63, 3.8) is 0 Å². The van der Waals surface area contributed by atoms with Gasteiger partial charge in [-0.2, -0.15) is 5.10 Å². The van der Waals surface area contributed by atoms with E-state index in [1.165, 1.54) is 6.07 Å². The number of rotatable bonds is 5. The van der Waals surface area contributed by atoms with Crippen molar-refractivity contribution in [3.05, 3.63) is 28.9 Å². The minimum Gasteiger partial charge on any atom is -0.506 e. The number of phenols is 1. The van der Waals surface area contributed by atoms with Gasteiger partial charge in [0.05, 0.1) is 17.4 Å². The zero-order chi connectivity index (χ0) is 14.7. The first-order valence-corrected chi connectivity index (χ1v) is 6.35. The number of hydrogen-bond acceptors (Lipinski definition) is 6. The molecule has 0 spiro atoms. The largest absolute Gasteiger partial charge is 0.506 e. The van der Waals surface area contributed by atoms with E-state index in [1.54, 1.807) is 12.1 Å². The highest BCUT2D eigenvalue weighted by Crippen LogP contribution is 2.33. The summed E-state index contributed by atoms with van der Waals surface area (Å²) in [4.78, 5) is 0. The third-order valence-electron chi connectivity index (χ3n) is 2.90. The number of halogens is 1. The summed E-state index contributed by atoms with van der Waals surface area (Å²) in [6.45, 7) is -0.0782. The third-order valence-corrected chi connectivity index (χ3v) is 3.13.